The second-order valence-electron chi connectivity index (χ2n) is 7.59. The molecule has 2 aromatic carbocycles. The Hall–Kier alpha value is -3.36. The van der Waals surface area contributed by atoms with Gasteiger partial charge in [-0.3, -0.25) is 10.1 Å². The molecule has 0 fully saturated rings. The maximum atomic E-state index is 13.4. The van der Waals surface area contributed by atoms with Crippen molar-refractivity contribution in [3.05, 3.63) is 63.5 Å². The van der Waals surface area contributed by atoms with Gasteiger partial charge in [0.15, 0.2) is 11.6 Å². The number of phenols is 1. The number of ether oxygens (including phenoxy) is 1. The third-order valence-corrected chi connectivity index (χ3v) is 5.13. The number of carboxylic acid groups (broad SMARTS) is 1. The lowest BCUT2D eigenvalue weighted by Gasteiger charge is -2.38. The molecule has 3 rings (SSSR count). The topological polar surface area (TPSA) is 113 Å². The van der Waals surface area contributed by atoms with Gasteiger partial charge in [0.1, 0.15) is 5.75 Å². The molecule has 0 spiro atoms. The van der Waals surface area contributed by atoms with E-state index < -0.39 is 34.0 Å². The van der Waals surface area contributed by atoms with Gasteiger partial charge in [-0.25, -0.2) is 9.18 Å². The number of hydrogen-bond donors (Lipinski definition) is 2. The fourth-order valence-electron chi connectivity index (χ4n) is 3.56. The number of halogens is 1. The van der Waals surface area contributed by atoms with E-state index in [1.54, 1.807) is 13.8 Å². The van der Waals surface area contributed by atoms with Crippen LogP contribution in [0.25, 0.3) is 0 Å². The van der Waals surface area contributed by atoms with Gasteiger partial charge in [0.05, 0.1) is 23.6 Å². The summed E-state index contributed by atoms with van der Waals surface area (Å²) in [5.41, 5.74) is 0.275. The van der Waals surface area contributed by atoms with Crippen LogP contribution in [0.3, 0.4) is 0 Å². The van der Waals surface area contributed by atoms with Crippen LogP contribution >= 0.6 is 0 Å². The van der Waals surface area contributed by atoms with Gasteiger partial charge in [-0.2, -0.15) is 0 Å². The standard InChI is InChI=1S/C20H21FN2O6/c1-20(2,12-3-6-15(21)17(24)9-12)11-22(19(25)26)16-7-8-29-18-10-13(23(27)28)4-5-14(16)18/h3-6,9-10,16,24H,7-8,11H2,1-2H3,(H,25,26). The average molecular weight is 404 g/mol. The van der Waals surface area contributed by atoms with Crippen molar-refractivity contribution in [2.45, 2.75) is 31.7 Å². The third kappa shape index (κ3) is 4.08. The fourth-order valence-corrected chi connectivity index (χ4v) is 3.56. The normalized spacial score (nSPS) is 15.9. The molecule has 1 atom stereocenters. The second-order valence-corrected chi connectivity index (χ2v) is 7.59. The molecule has 2 aromatic rings. The summed E-state index contributed by atoms with van der Waals surface area (Å²) in [7, 11) is 0. The molecule has 29 heavy (non-hydrogen) atoms. The van der Waals surface area contributed by atoms with Crippen LogP contribution in [0.1, 0.15) is 37.4 Å². The zero-order chi connectivity index (χ0) is 21.3. The molecule has 1 amide bonds. The number of nitrogens with zero attached hydrogens (tertiary/aromatic N) is 2. The molecule has 0 radical (unpaired) electrons. The lowest BCUT2D eigenvalue weighted by Crippen LogP contribution is -2.43. The van der Waals surface area contributed by atoms with E-state index in [1.165, 1.54) is 35.2 Å². The first-order chi connectivity index (χ1) is 13.6. The number of benzene rings is 2. The van der Waals surface area contributed by atoms with E-state index in [2.05, 4.69) is 0 Å². The molecule has 0 aliphatic carbocycles. The van der Waals surface area contributed by atoms with E-state index in [9.17, 15) is 29.5 Å². The minimum Gasteiger partial charge on any atom is -0.505 e. The number of fused-ring (bicyclic) bond motifs is 1. The summed E-state index contributed by atoms with van der Waals surface area (Å²) in [6, 6.07) is 7.52. The highest BCUT2D eigenvalue weighted by Gasteiger charge is 2.35. The zero-order valence-corrected chi connectivity index (χ0v) is 16.0. The van der Waals surface area contributed by atoms with Crippen molar-refractivity contribution in [2.24, 2.45) is 0 Å². The summed E-state index contributed by atoms with van der Waals surface area (Å²) in [6.45, 7) is 3.88. The largest absolute Gasteiger partial charge is 0.505 e. The molecule has 1 aliphatic rings. The van der Waals surface area contributed by atoms with Crippen molar-refractivity contribution in [2.75, 3.05) is 13.2 Å². The SMILES string of the molecule is CC(C)(CN(C(=O)O)C1CCOc2cc([N+](=O)[O-])ccc21)c1ccc(F)c(O)c1. The van der Waals surface area contributed by atoms with Crippen LogP contribution in [0.4, 0.5) is 14.9 Å². The van der Waals surface area contributed by atoms with E-state index in [4.69, 9.17) is 4.74 Å². The predicted molar refractivity (Wildman–Crippen MR) is 102 cm³/mol. The van der Waals surface area contributed by atoms with Crippen LogP contribution in [-0.2, 0) is 5.41 Å². The Bertz CT molecular complexity index is 962. The van der Waals surface area contributed by atoms with E-state index in [0.717, 1.165) is 6.07 Å². The van der Waals surface area contributed by atoms with E-state index in [1.807, 2.05) is 0 Å². The monoisotopic (exact) mass is 404 g/mol. The molecule has 8 nitrogen and oxygen atoms in total. The van der Waals surface area contributed by atoms with Gasteiger partial charge in [0.25, 0.3) is 5.69 Å². The van der Waals surface area contributed by atoms with Crippen molar-refractivity contribution >= 4 is 11.8 Å². The molecule has 0 saturated carbocycles. The molecule has 1 unspecified atom stereocenters. The number of non-ortho nitro benzene ring substituents is 1. The number of amides is 1. The Morgan fingerprint density at radius 2 is 2.07 bits per heavy atom. The maximum Gasteiger partial charge on any atom is 0.407 e. The maximum absolute atomic E-state index is 13.4. The van der Waals surface area contributed by atoms with Gasteiger partial charge in [-0.05, 0) is 23.8 Å². The third-order valence-electron chi connectivity index (χ3n) is 5.13. The van der Waals surface area contributed by atoms with Crippen LogP contribution in [0, 0.1) is 15.9 Å². The molecule has 9 heteroatoms. The van der Waals surface area contributed by atoms with Crippen molar-refractivity contribution in [3.8, 4) is 11.5 Å². The van der Waals surface area contributed by atoms with E-state index in [0.29, 0.717) is 23.3 Å². The van der Waals surface area contributed by atoms with Gasteiger partial charge in [0.2, 0.25) is 0 Å². The highest BCUT2D eigenvalue weighted by molar-refractivity contribution is 5.67. The van der Waals surface area contributed by atoms with Gasteiger partial charge < -0.3 is 19.8 Å². The highest BCUT2D eigenvalue weighted by Crippen LogP contribution is 2.40. The summed E-state index contributed by atoms with van der Waals surface area (Å²) in [6.07, 6.45) is -0.761. The molecule has 0 saturated heterocycles. The van der Waals surface area contributed by atoms with Gasteiger partial charge in [-0.15, -0.1) is 0 Å². The van der Waals surface area contributed by atoms with E-state index >= 15 is 0 Å². The average Bonchev–Trinajstić information content (AvgIpc) is 2.67. The lowest BCUT2D eigenvalue weighted by molar-refractivity contribution is -0.385. The minimum absolute atomic E-state index is 0.0640. The smallest absolute Gasteiger partial charge is 0.407 e. The predicted octanol–water partition coefficient (Wildman–Crippen LogP) is 4.22. The first-order valence-corrected chi connectivity index (χ1v) is 9.00. The van der Waals surface area contributed by atoms with Crippen molar-refractivity contribution in [3.63, 3.8) is 0 Å². The molecular formula is C20H21FN2O6. The fraction of sp³-hybridized carbons (Fsp3) is 0.350. The Morgan fingerprint density at radius 3 is 2.69 bits per heavy atom. The highest BCUT2D eigenvalue weighted by atomic mass is 19.1. The number of rotatable bonds is 5. The number of nitro benzene ring substituents is 1. The molecule has 1 aliphatic heterocycles. The number of carbonyl (C=O) groups is 1. The molecule has 1 heterocycles. The summed E-state index contributed by atoms with van der Waals surface area (Å²) < 4.78 is 18.9. The molecule has 0 aromatic heterocycles. The van der Waals surface area contributed by atoms with Crippen LogP contribution in [0.5, 0.6) is 11.5 Å². The number of aromatic hydroxyl groups is 1. The number of nitro groups is 1. The molecule has 2 N–H and O–H groups in total. The summed E-state index contributed by atoms with van der Waals surface area (Å²) >= 11 is 0. The van der Waals surface area contributed by atoms with Crippen LogP contribution in [-0.4, -0.2) is 39.3 Å². The Balaban J connectivity index is 1.94. The number of phenolic OH excluding ortho intramolecular Hbond substituents is 1. The quantitative estimate of drug-likeness (QED) is 0.570. The number of hydrogen-bond acceptors (Lipinski definition) is 5. The summed E-state index contributed by atoms with van der Waals surface area (Å²) in [5.74, 6) is -0.959. The lowest BCUT2D eigenvalue weighted by atomic mass is 9.83. The molecule has 154 valence electrons. The Labute approximate surface area is 166 Å². The van der Waals surface area contributed by atoms with Gasteiger partial charge >= 0.3 is 6.09 Å². The van der Waals surface area contributed by atoms with Crippen LogP contribution in [0.2, 0.25) is 0 Å². The van der Waals surface area contributed by atoms with Crippen LogP contribution in [0.15, 0.2) is 36.4 Å². The van der Waals surface area contributed by atoms with Crippen molar-refractivity contribution in [1.82, 2.24) is 4.90 Å². The van der Waals surface area contributed by atoms with Crippen molar-refractivity contribution < 1.29 is 29.1 Å². The summed E-state index contributed by atoms with van der Waals surface area (Å²) in [4.78, 5) is 23.8. The van der Waals surface area contributed by atoms with Gasteiger partial charge in [0, 0.05) is 30.0 Å². The summed E-state index contributed by atoms with van der Waals surface area (Å²) in [5, 5.41) is 30.6. The first-order valence-electron chi connectivity index (χ1n) is 9.00. The van der Waals surface area contributed by atoms with E-state index in [-0.39, 0.29) is 18.8 Å². The van der Waals surface area contributed by atoms with Gasteiger partial charge in [-0.1, -0.05) is 19.9 Å². The molecular weight excluding hydrogens is 383 g/mol. The minimum atomic E-state index is -1.15. The Kier molecular flexibility index (Phi) is 5.32. The first kappa shape index (κ1) is 20.4. The second kappa shape index (κ2) is 7.57. The zero-order valence-electron chi connectivity index (χ0n) is 16.0. The van der Waals surface area contributed by atoms with Crippen LogP contribution < -0.4 is 4.74 Å². The molecule has 0 bridgehead atoms. The van der Waals surface area contributed by atoms with Crippen molar-refractivity contribution in [1.29, 1.82) is 0 Å². The Morgan fingerprint density at radius 1 is 1.34 bits per heavy atom.